The second-order valence-corrected chi connectivity index (χ2v) is 5.08. The van der Waals surface area contributed by atoms with Gasteiger partial charge in [0.2, 0.25) is 5.91 Å². The quantitative estimate of drug-likeness (QED) is 0.758. The van der Waals surface area contributed by atoms with Crippen LogP contribution >= 0.6 is 11.6 Å². The second-order valence-electron chi connectivity index (χ2n) is 4.67. The third-order valence-corrected chi connectivity index (χ3v) is 3.26. The molecule has 0 aliphatic carbocycles. The second kappa shape index (κ2) is 8.44. The van der Waals surface area contributed by atoms with Gasteiger partial charge in [-0.25, -0.2) is 0 Å². The van der Waals surface area contributed by atoms with Crippen molar-refractivity contribution >= 4 is 23.2 Å². The number of benzene rings is 1. The minimum absolute atomic E-state index is 0.0402. The highest BCUT2D eigenvalue weighted by atomic mass is 35.5. The molecule has 0 saturated carbocycles. The van der Waals surface area contributed by atoms with Gasteiger partial charge in [0, 0.05) is 12.2 Å². The van der Waals surface area contributed by atoms with Crippen molar-refractivity contribution in [1.82, 2.24) is 5.32 Å². The number of rotatable bonds is 7. The van der Waals surface area contributed by atoms with Gasteiger partial charge in [-0.05, 0) is 31.5 Å². The first-order valence-corrected chi connectivity index (χ1v) is 7.20. The van der Waals surface area contributed by atoms with Gasteiger partial charge in [-0.15, -0.1) is 0 Å². The van der Waals surface area contributed by atoms with E-state index in [-0.39, 0.29) is 11.9 Å². The van der Waals surface area contributed by atoms with Crippen LogP contribution < -0.4 is 10.6 Å². The molecule has 0 fully saturated rings. The van der Waals surface area contributed by atoms with E-state index >= 15 is 0 Å². The van der Waals surface area contributed by atoms with Crippen molar-refractivity contribution in [2.75, 3.05) is 11.9 Å². The van der Waals surface area contributed by atoms with Gasteiger partial charge in [-0.2, -0.15) is 5.26 Å². The van der Waals surface area contributed by atoms with Crippen molar-refractivity contribution in [2.45, 2.75) is 39.2 Å². The Labute approximate surface area is 125 Å². The van der Waals surface area contributed by atoms with E-state index in [2.05, 4.69) is 17.6 Å². The van der Waals surface area contributed by atoms with Crippen LogP contribution in [0.15, 0.2) is 18.2 Å². The van der Waals surface area contributed by atoms with Gasteiger partial charge in [0.1, 0.15) is 12.1 Å². The van der Waals surface area contributed by atoms with Crippen LogP contribution in [0.25, 0.3) is 0 Å². The minimum atomic E-state index is -0.347. The standard InChI is InChI=1S/C15H20ClN3O/c1-3-4-5-8-18-15(20)11(2)19-13-7-6-12(10-17)14(16)9-13/h6-7,9,11,19H,3-5,8H2,1-2H3,(H,18,20). The van der Waals surface area contributed by atoms with Gasteiger partial charge in [0.25, 0.3) is 0 Å². The summed E-state index contributed by atoms with van der Waals surface area (Å²) in [6.45, 7) is 4.62. The van der Waals surface area contributed by atoms with E-state index in [9.17, 15) is 4.79 Å². The number of amides is 1. The number of unbranched alkanes of at least 4 members (excludes halogenated alkanes) is 2. The Morgan fingerprint density at radius 1 is 1.45 bits per heavy atom. The third kappa shape index (κ3) is 5.10. The van der Waals surface area contributed by atoms with E-state index in [0.717, 1.165) is 24.9 Å². The van der Waals surface area contributed by atoms with Gasteiger partial charge in [0.15, 0.2) is 0 Å². The maximum absolute atomic E-state index is 11.9. The zero-order valence-corrected chi connectivity index (χ0v) is 12.6. The van der Waals surface area contributed by atoms with Crippen LogP contribution in [0.3, 0.4) is 0 Å². The molecule has 5 heteroatoms. The molecule has 0 bridgehead atoms. The van der Waals surface area contributed by atoms with E-state index < -0.39 is 0 Å². The Morgan fingerprint density at radius 2 is 2.20 bits per heavy atom. The van der Waals surface area contributed by atoms with Gasteiger partial charge < -0.3 is 10.6 Å². The lowest BCUT2D eigenvalue weighted by Gasteiger charge is -2.15. The fourth-order valence-electron chi connectivity index (χ4n) is 1.75. The van der Waals surface area contributed by atoms with Crippen LogP contribution in [0.1, 0.15) is 38.7 Å². The lowest BCUT2D eigenvalue weighted by atomic mass is 10.2. The highest BCUT2D eigenvalue weighted by molar-refractivity contribution is 6.32. The Balaban J connectivity index is 2.49. The number of nitrogens with one attached hydrogen (secondary N) is 2. The van der Waals surface area contributed by atoms with Crippen molar-refractivity contribution in [3.63, 3.8) is 0 Å². The molecule has 1 rings (SSSR count). The number of anilines is 1. The van der Waals surface area contributed by atoms with Crippen molar-refractivity contribution in [1.29, 1.82) is 5.26 Å². The number of halogens is 1. The van der Waals surface area contributed by atoms with Crippen LogP contribution in [0.4, 0.5) is 5.69 Å². The average Bonchev–Trinajstić information content (AvgIpc) is 2.43. The van der Waals surface area contributed by atoms with E-state index in [4.69, 9.17) is 16.9 Å². The molecule has 2 N–H and O–H groups in total. The molecule has 0 aliphatic heterocycles. The van der Waals surface area contributed by atoms with Crippen LogP contribution in [0.5, 0.6) is 0 Å². The van der Waals surface area contributed by atoms with Crippen molar-refractivity contribution in [3.05, 3.63) is 28.8 Å². The van der Waals surface area contributed by atoms with Crippen LogP contribution in [0.2, 0.25) is 5.02 Å². The highest BCUT2D eigenvalue weighted by Crippen LogP contribution is 2.20. The third-order valence-electron chi connectivity index (χ3n) is 2.95. The Kier molecular flexibility index (Phi) is 6.89. The summed E-state index contributed by atoms with van der Waals surface area (Å²) in [5.74, 6) is -0.0402. The molecule has 20 heavy (non-hydrogen) atoms. The lowest BCUT2D eigenvalue weighted by Crippen LogP contribution is -2.38. The molecule has 1 atom stereocenters. The first kappa shape index (κ1) is 16.3. The molecule has 4 nitrogen and oxygen atoms in total. The molecular weight excluding hydrogens is 274 g/mol. The molecule has 0 aliphatic rings. The zero-order chi connectivity index (χ0) is 15.0. The van der Waals surface area contributed by atoms with Gasteiger partial charge >= 0.3 is 0 Å². The molecule has 1 aromatic carbocycles. The van der Waals surface area contributed by atoms with Gasteiger partial charge in [-0.3, -0.25) is 4.79 Å². The summed E-state index contributed by atoms with van der Waals surface area (Å²) in [4.78, 5) is 11.9. The molecule has 0 heterocycles. The Morgan fingerprint density at radius 3 is 2.80 bits per heavy atom. The van der Waals surface area contributed by atoms with Gasteiger partial charge in [-0.1, -0.05) is 31.4 Å². The van der Waals surface area contributed by atoms with E-state index in [1.54, 1.807) is 25.1 Å². The molecule has 1 unspecified atom stereocenters. The molecule has 108 valence electrons. The first-order valence-electron chi connectivity index (χ1n) is 6.82. The summed E-state index contributed by atoms with van der Waals surface area (Å²) in [6.07, 6.45) is 3.25. The van der Waals surface area contributed by atoms with Crippen molar-refractivity contribution in [2.24, 2.45) is 0 Å². The monoisotopic (exact) mass is 293 g/mol. The Bertz CT molecular complexity index is 496. The molecule has 0 aromatic heterocycles. The number of hydrogen-bond acceptors (Lipinski definition) is 3. The highest BCUT2D eigenvalue weighted by Gasteiger charge is 2.12. The summed E-state index contributed by atoms with van der Waals surface area (Å²) in [5, 5.41) is 15.1. The number of carbonyl (C=O) groups is 1. The summed E-state index contributed by atoms with van der Waals surface area (Å²) in [7, 11) is 0. The van der Waals surface area contributed by atoms with Crippen molar-refractivity contribution in [3.8, 4) is 6.07 Å². The number of nitriles is 1. The number of carbonyl (C=O) groups excluding carboxylic acids is 1. The van der Waals surface area contributed by atoms with E-state index in [1.807, 2.05) is 6.07 Å². The first-order chi connectivity index (χ1) is 9.58. The largest absolute Gasteiger partial charge is 0.374 e. The van der Waals surface area contributed by atoms with E-state index in [0.29, 0.717) is 17.1 Å². The topological polar surface area (TPSA) is 64.9 Å². The van der Waals surface area contributed by atoms with Crippen molar-refractivity contribution < 1.29 is 4.79 Å². The predicted molar refractivity (Wildman–Crippen MR) is 81.8 cm³/mol. The summed E-state index contributed by atoms with van der Waals surface area (Å²) in [6, 6.07) is 6.68. The Hall–Kier alpha value is -1.73. The summed E-state index contributed by atoms with van der Waals surface area (Å²) < 4.78 is 0. The molecule has 0 saturated heterocycles. The fraction of sp³-hybridized carbons (Fsp3) is 0.467. The van der Waals surface area contributed by atoms with Crippen LogP contribution in [-0.2, 0) is 4.79 Å². The average molecular weight is 294 g/mol. The lowest BCUT2D eigenvalue weighted by molar-refractivity contribution is -0.121. The fourth-order valence-corrected chi connectivity index (χ4v) is 1.97. The zero-order valence-electron chi connectivity index (χ0n) is 11.9. The molecule has 0 radical (unpaired) electrons. The molecule has 1 amide bonds. The van der Waals surface area contributed by atoms with Crippen LogP contribution in [-0.4, -0.2) is 18.5 Å². The molecular formula is C15H20ClN3O. The smallest absolute Gasteiger partial charge is 0.242 e. The number of nitrogens with zero attached hydrogens (tertiary/aromatic N) is 1. The van der Waals surface area contributed by atoms with E-state index in [1.165, 1.54) is 0 Å². The normalized spacial score (nSPS) is 11.5. The summed E-state index contributed by atoms with van der Waals surface area (Å²) in [5.41, 5.74) is 1.15. The molecule has 0 spiro atoms. The van der Waals surface area contributed by atoms with Crippen LogP contribution in [0, 0.1) is 11.3 Å². The maximum Gasteiger partial charge on any atom is 0.242 e. The minimum Gasteiger partial charge on any atom is -0.374 e. The SMILES string of the molecule is CCCCCNC(=O)C(C)Nc1ccc(C#N)c(Cl)c1. The predicted octanol–water partition coefficient (Wildman–Crippen LogP) is 3.32. The number of hydrogen-bond donors (Lipinski definition) is 2. The molecule has 1 aromatic rings. The maximum atomic E-state index is 11.9. The summed E-state index contributed by atoms with van der Waals surface area (Å²) >= 11 is 5.95. The van der Waals surface area contributed by atoms with Gasteiger partial charge in [0.05, 0.1) is 10.6 Å².